The number of hydrogen-bond acceptors (Lipinski definition) is 6. The van der Waals surface area contributed by atoms with Crippen LogP contribution in [-0.4, -0.2) is 38.4 Å². The van der Waals surface area contributed by atoms with E-state index in [0.29, 0.717) is 30.6 Å². The van der Waals surface area contributed by atoms with E-state index < -0.39 is 18.2 Å². The summed E-state index contributed by atoms with van der Waals surface area (Å²) in [6.07, 6.45) is 4.27. The van der Waals surface area contributed by atoms with Crippen LogP contribution in [0.4, 0.5) is 0 Å². The minimum atomic E-state index is -0.504. The van der Waals surface area contributed by atoms with E-state index in [4.69, 9.17) is 9.84 Å². The summed E-state index contributed by atoms with van der Waals surface area (Å²) in [6, 6.07) is 40.8. The standard InChI is InChI=1S/C16H22O4.2C11H8N.Ir/c1-11(2)16(19)20-15-8-5-13(6-9-15)4-7-14(18)10-12(3)17;2*1-2-6-10(7-3-1)11-8-4-5-9-12-11;/h5-6,8-9,12,14,17-18H,1,4,7,10H2,2-3H3;2*1-6,8-9H;/q;2*-1;. The van der Waals surface area contributed by atoms with E-state index in [1.54, 1.807) is 38.4 Å². The molecule has 0 aliphatic heterocycles. The molecule has 0 spiro atoms. The number of aliphatic hydroxyl groups excluding tert-OH is 2. The van der Waals surface area contributed by atoms with Gasteiger partial charge in [0.25, 0.3) is 0 Å². The first-order valence-electron chi connectivity index (χ1n) is 14.4. The van der Waals surface area contributed by atoms with Gasteiger partial charge in [-0.15, -0.1) is 71.8 Å². The minimum Gasteiger partial charge on any atom is -0.423 e. The first-order valence-corrected chi connectivity index (χ1v) is 14.4. The van der Waals surface area contributed by atoms with E-state index in [1.807, 2.05) is 97.1 Å². The van der Waals surface area contributed by atoms with Gasteiger partial charge in [0.15, 0.2) is 0 Å². The third kappa shape index (κ3) is 14.4. The minimum absolute atomic E-state index is 0. The van der Waals surface area contributed by atoms with Crippen LogP contribution in [0.1, 0.15) is 32.3 Å². The summed E-state index contributed by atoms with van der Waals surface area (Å²) in [4.78, 5) is 19.8. The average Bonchev–Trinajstić information content (AvgIpc) is 3.06. The first-order chi connectivity index (χ1) is 21.3. The molecular formula is C38H38IrN2O4-2. The van der Waals surface area contributed by atoms with Gasteiger partial charge in [-0.05, 0) is 74.3 Å². The Morgan fingerprint density at radius 2 is 1.31 bits per heavy atom. The number of esters is 1. The van der Waals surface area contributed by atoms with Gasteiger partial charge in [-0.2, -0.15) is 0 Å². The molecular weight excluding hydrogens is 741 g/mol. The average molecular weight is 779 g/mol. The van der Waals surface area contributed by atoms with Gasteiger partial charge in [0, 0.05) is 38.1 Å². The van der Waals surface area contributed by atoms with Crippen LogP contribution < -0.4 is 4.74 Å². The molecule has 3 aromatic carbocycles. The van der Waals surface area contributed by atoms with Crippen LogP contribution in [0.3, 0.4) is 0 Å². The first kappa shape index (κ1) is 36.9. The molecule has 235 valence electrons. The Morgan fingerprint density at radius 1 is 0.800 bits per heavy atom. The molecule has 7 heteroatoms. The molecule has 0 saturated carbocycles. The Hall–Kier alpha value is -4.26. The second kappa shape index (κ2) is 20.7. The quantitative estimate of drug-likeness (QED) is 0.0706. The number of aliphatic hydroxyl groups is 2. The molecule has 45 heavy (non-hydrogen) atoms. The van der Waals surface area contributed by atoms with Crippen molar-refractivity contribution in [2.75, 3.05) is 0 Å². The zero-order chi connectivity index (χ0) is 31.6. The van der Waals surface area contributed by atoms with Gasteiger partial charge >= 0.3 is 5.97 Å². The van der Waals surface area contributed by atoms with Crippen LogP contribution in [0, 0.1) is 12.1 Å². The number of carbonyl (C=O) groups excluding carboxylic acids is 1. The SMILES string of the molecule is C=C(C)C(=O)Oc1ccc(CCC(O)CC(C)O)cc1.[Ir].[c-]1ccccc1-c1ccccn1.[c-]1ccccc1-c1ccccn1. The molecule has 2 aromatic heterocycles. The van der Waals surface area contributed by atoms with Gasteiger partial charge in [-0.25, -0.2) is 4.79 Å². The number of benzene rings is 3. The molecule has 0 fully saturated rings. The van der Waals surface area contributed by atoms with E-state index in [2.05, 4.69) is 28.7 Å². The van der Waals surface area contributed by atoms with Crippen molar-refractivity contribution in [1.29, 1.82) is 0 Å². The third-order valence-electron chi connectivity index (χ3n) is 6.16. The van der Waals surface area contributed by atoms with Gasteiger partial charge in [-0.1, -0.05) is 43.0 Å². The van der Waals surface area contributed by atoms with Crippen LogP contribution in [0.15, 0.2) is 134 Å². The van der Waals surface area contributed by atoms with Crippen molar-refractivity contribution >= 4 is 5.97 Å². The summed E-state index contributed by atoms with van der Waals surface area (Å²) >= 11 is 0. The normalized spacial score (nSPS) is 11.2. The number of hydrogen-bond donors (Lipinski definition) is 2. The van der Waals surface area contributed by atoms with Gasteiger partial charge in [0.05, 0.1) is 12.2 Å². The second-order valence-electron chi connectivity index (χ2n) is 10.1. The van der Waals surface area contributed by atoms with Crippen LogP contribution in [-0.2, 0) is 31.3 Å². The molecule has 0 amide bonds. The molecule has 2 heterocycles. The van der Waals surface area contributed by atoms with Gasteiger partial charge in [0.1, 0.15) is 5.75 Å². The Balaban J connectivity index is 0.000000243. The summed E-state index contributed by atoms with van der Waals surface area (Å²) in [5.74, 6) is 0.0383. The van der Waals surface area contributed by atoms with Crippen LogP contribution >= 0.6 is 0 Å². The van der Waals surface area contributed by atoms with Crippen molar-refractivity contribution in [2.45, 2.75) is 45.3 Å². The number of pyridine rings is 2. The smallest absolute Gasteiger partial charge is 0.338 e. The number of carbonyl (C=O) groups is 1. The number of ether oxygens (including phenoxy) is 1. The number of aryl methyl sites for hydroxylation is 1. The second-order valence-corrected chi connectivity index (χ2v) is 10.1. The summed E-state index contributed by atoms with van der Waals surface area (Å²) in [5, 5.41) is 18.8. The summed E-state index contributed by atoms with van der Waals surface area (Å²) in [5.41, 5.74) is 5.42. The monoisotopic (exact) mass is 779 g/mol. The van der Waals surface area contributed by atoms with Crippen LogP contribution in [0.2, 0.25) is 0 Å². The molecule has 0 saturated heterocycles. The molecule has 2 N–H and O–H groups in total. The third-order valence-corrected chi connectivity index (χ3v) is 6.16. The fourth-order valence-electron chi connectivity index (χ4n) is 3.91. The summed E-state index contributed by atoms with van der Waals surface area (Å²) < 4.78 is 5.09. The van der Waals surface area contributed by atoms with Crippen LogP contribution in [0.25, 0.3) is 22.5 Å². The van der Waals surface area contributed by atoms with E-state index in [0.717, 1.165) is 28.1 Å². The van der Waals surface area contributed by atoms with Crippen molar-refractivity contribution in [1.82, 2.24) is 9.97 Å². The maximum Gasteiger partial charge on any atom is 0.338 e. The Morgan fingerprint density at radius 3 is 1.71 bits per heavy atom. The number of nitrogens with zero attached hydrogens (tertiary/aromatic N) is 2. The zero-order valence-electron chi connectivity index (χ0n) is 25.5. The number of aromatic nitrogens is 2. The molecule has 1 radical (unpaired) electrons. The largest absolute Gasteiger partial charge is 0.423 e. The van der Waals surface area contributed by atoms with Crippen LogP contribution in [0.5, 0.6) is 5.75 Å². The van der Waals surface area contributed by atoms with Crippen molar-refractivity contribution in [2.24, 2.45) is 0 Å². The Labute approximate surface area is 279 Å². The maximum absolute atomic E-state index is 11.3. The molecule has 5 rings (SSSR count). The molecule has 2 unspecified atom stereocenters. The molecule has 2 atom stereocenters. The van der Waals surface area contributed by atoms with Crippen molar-refractivity contribution in [3.05, 3.63) is 151 Å². The maximum atomic E-state index is 11.3. The van der Waals surface area contributed by atoms with Gasteiger partial charge < -0.3 is 24.9 Å². The summed E-state index contributed by atoms with van der Waals surface area (Å²) in [7, 11) is 0. The zero-order valence-corrected chi connectivity index (χ0v) is 27.9. The molecule has 6 nitrogen and oxygen atoms in total. The molecule has 0 aliphatic rings. The van der Waals surface area contributed by atoms with E-state index in [1.165, 1.54) is 0 Å². The summed E-state index contributed by atoms with van der Waals surface area (Å²) in [6.45, 7) is 6.78. The van der Waals surface area contributed by atoms with Crippen molar-refractivity contribution in [3.8, 4) is 28.3 Å². The fourth-order valence-corrected chi connectivity index (χ4v) is 3.91. The van der Waals surface area contributed by atoms with Gasteiger partial charge in [0.2, 0.25) is 0 Å². The van der Waals surface area contributed by atoms with Crippen molar-refractivity contribution in [3.63, 3.8) is 0 Å². The number of rotatable bonds is 9. The Kier molecular flexibility index (Phi) is 16.9. The van der Waals surface area contributed by atoms with E-state index >= 15 is 0 Å². The van der Waals surface area contributed by atoms with E-state index in [9.17, 15) is 9.90 Å². The fraction of sp³-hybridized carbons (Fsp3) is 0.184. The molecule has 0 aliphatic carbocycles. The van der Waals surface area contributed by atoms with E-state index in [-0.39, 0.29) is 20.1 Å². The van der Waals surface area contributed by atoms with Crippen molar-refractivity contribution < 1.29 is 39.8 Å². The molecule has 5 aromatic rings. The predicted octanol–water partition coefficient (Wildman–Crippen LogP) is 7.33. The molecule has 0 bridgehead atoms. The predicted molar refractivity (Wildman–Crippen MR) is 175 cm³/mol. The Bertz CT molecular complexity index is 1370. The topological polar surface area (TPSA) is 92.5 Å². The van der Waals surface area contributed by atoms with Gasteiger partial charge in [-0.3, -0.25) is 0 Å².